The minimum Gasteiger partial charge on any atom is -0.375 e. The molecule has 0 N–H and O–H groups in total. The first-order chi connectivity index (χ1) is 4.67. The van der Waals surface area contributed by atoms with Crippen molar-refractivity contribution in [1.29, 1.82) is 5.26 Å². The lowest BCUT2D eigenvalue weighted by atomic mass is 10.0. The Kier molecular flexibility index (Phi) is 1.86. The summed E-state index contributed by atoms with van der Waals surface area (Å²) in [7, 11) is 0. The molecule has 1 aliphatic heterocycles. The molecule has 0 aliphatic carbocycles. The fourth-order valence-electron chi connectivity index (χ4n) is 0.895. The Morgan fingerprint density at radius 1 is 1.70 bits per heavy atom. The van der Waals surface area contributed by atoms with Gasteiger partial charge in [0.2, 0.25) is 0 Å². The predicted molar refractivity (Wildman–Crippen MR) is 29.5 cm³/mol. The van der Waals surface area contributed by atoms with E-state index in [2.05, 4.69) is 4.74 Å². The number of alkyl halides is 2. The van der Waals surface area contributed by atoms with E-state index in [0.29, 0.717) is 0 Å². The number of rotatable bonds is 1. The molecule has 1 heterocycles. The highest BCUT2D eigenvalue weighted by Gasteiger charge is 2.44. The lowest BCUT2D eigenvalue weighted by Gasteiger charge is -2.11. The average Bonchev–Trinajstić information content (AvgIpc) is 2.13. The first-order valence-corrected chi connectivity index (χ1v) is 2.99. The molecular formula is C6H7F2NO. The largest absolute Gasteiger partial charge is 0.375 e. The van der Waals surface area contributed by atoms with Gasteiger partial charge in [-0.25, -0.2) is 8.78 Å². The molecule has 1 atom stereocenters. The number of hydrogen-bond donors (Lipinski definition) is 0. The van der Waals surface area contributed by atoms with Gasteiger partial charge in [0.15, 0.2) is 0 Å². The Labute approximate surface area is 57.4 Å². The molecule has 1 fully saturated rings. The van der Waals surface area contributed by atoms with Gasteiger partial charge in [-0.05, 0) is 0 Å². The summed E-state index contributed by atoms with van der Waals surface area (Å²) < 4.78 is 29.6. The summed E-state index contributed by atoms with van der Waals surface area (Å²) in [6.07, 6.45) is -0.118. The first-order valence-electron chi connectivity index (χ1n) is 2.99. The van der Waals surface area contributed by atoms with Gasteiger partial charge in [0.25, 0.3) is 5.92 Å². The van der Waals surface area contributed by atoms with Crippen LogP contribution in [0.3, 0.4) is 0 Å². The van der Waals surface area contributed by atoms with E-state index in [1.54, 1.807) is 6.07 Å². The van der Waals surface area contributed by atoms with Crippen molar-refractivity contribution in [1.82, 2.24) is 0 Å². The van der Waals surface area contributed by atoms with E-state index in [1.807, 2.05) is 0 Å². The maximum atomic E-state index is 12.5. The van der Waals surface area contributed by atoms with E-state index in [-0.39, 0.29) is 13.0 Å². The van der Waals surface area contributed by atoms with Crippen molar-refractivity contribution in [3.05, 3.63) is 0 Å². The summed E-state index contributed by atoms with van der Waals surface area (Å²) in [4.78, 5) is 0. The van der Waals surface area contributed by atoms with Crippen LogP contribution in [-0.2, 0) is 4.74 Å². The summed E-state index contributed by atoms with van der Waals surface area (Å²) in [5.74, 6) is -3.67. The Morgan fingerprint density at radius 3 is 2.80 bits per heavy atom. The van der Waals surface area contributed by atoms with E-state index >= 15 is 0 Å². The molecule has 2 nitrogen and oxygen atoms in total. The van der Waals surface area contributed by atoms with Crippen molar-refractivity contribution < 1.29 is 13.5 Å². The van der Waals surface area contributed by atoms with Crippen LogP contribution in [-0.4, -0.2) is 19.1 Å². The molecular weight excluding hydrogens is 140 g/mol. The van der Waals surface area contributed by atoms with Crippen molar-refractivity contribution in [2.24, 2.45) is 5.92 Å². The van der Waals surface area contributed by atoms with Crippen LogP contribution in [0, 0.1) is 17.2 Å². The van der Waals surface area contributed by atoms with Crippen LogP contribution in [0.2, 0.25) is 0 Å². The second-order valence-corrected chi connectivity index (χ2v) is 2.34. The Balaban J connectivity index is 2.53. The van der Waals surface area contributed by atoms with Crippen LogP contribution in [0.25, 0.3) is 0 Å². The Morgan fingerprint density at radius 2 is 2.40 bits per heavy atom. The van der Waals surface area contributed by atoms with Crippen molar-refractivity contribution in [2.75, 3.05) is 13.2 Å². The summed E-state index contributed by atoms with van der Waals surface area (Å²) in [6, 6.07) is 1.71. The number of halogens is 2. The number of nitrogens with zero attached hydrogens (tertiary/aromatic N) is 1. The molecule has 0 spiro atoms. The molecule has 0 aromatic rings. The highest BCUT2D eigenvalue weighted by molar-refractivity contribution is 4.88. The molecule has 1 rings (SSSR count). The number of ether oxygens (including phenoxy) is 1. The zero-order valence-corrected chi connectivity index (χ0v) is 5.31. The molecule has 0 aromatic heterocycles. The third-order valence-corrected chi connectivity index (χ3v) is 1.55. The van der Waals surface area contributed by atoms with Crippen molar-refractivity contribution in [3.8, 4) is 6.07 Å². The topological polar surface area (TPSA) is 33.0 Å². The van der Waals surface area contributed by atoms with Crippen molar-refractivity contribution >= 4 is 0 Å². The predicted octanol–water partition coefficient (Wildman–Crippen LogP) is 1.18. The maximum absolute atomic E-state index is 12.5. The van der Waals surface area contributed by atoms with Gasteiger partial charge >= 0.3 is 0 Å². The SMILES string of the molecule is N#CCC1COCC1(F)F. The lowest BCUT2D eigenvalue weighted by Crippen LogP contribution is -2.25. The standard InChI is InChI=1S/C6H7F2NO/c7-6(8)4-10-3-5(6)1-2-9/h5H,1,3-4H2. The fourth-order valence-corrected chi connectivity index (χ4v) is 0.895. The second-order valence-electron chi connectivity index (χ2n) is 2.34. The summed E-state index contributed by atoms with van der Waals surface area (Å²) in [5.41, 5.74) is 0. The lowest BCUT2D eigenvalue weighted by molar-refractivity contribution is -0.0353. The highest BCUT2D eigenvalue weighted by atomic mass is 19.3. The van der Waals surface area contributed by atoms with Crippen LogP contribution in [0.15, 0.2) is 0 Å². The van der Waals surface area contributed by atoms with Crippen LogP contribution < -0.4 is 0 Å². The summed E-state index contributed by atoms with van der Waals surface area (Å²) in [6.45, 7) is -0.514. The minimum atomic E-state index is -2.78. The quantitative estimate of drug-likeness (QED) is 0.558. The van der Waals surface area contributed by atoms with Crippen molar-refractivity contribution in [2.45, 2.75) is 12.3 Å². The van der Waals surface area contributed by atoms with Gasteiger partial charge in [-0.1, -0.05) is 0 Å². The number of hydrogen-bond acceptors (Lipinski definition) is 2. The maximum Gasteiger partial charge on any atom is 0.276 e. The molecule has 10 heavy (non-hydrogen) atoms. The first kappa shape index (κ1) is 7.42. The van der Waals surface area contributed by atoms with Gasteiger partial charge in [0, 0.05) is 6.42 Å². The molecule has 0 bridgehead atoms. The monoisotopic (exact) mass is 147 g/mol. The highest BCUT2D eigenvalue weighted by Crippen LogP contribution is 2.32. The molecule has 1 aliphatic rings. The Bertz CT molecular complexity index is 164. The normalized spacial score (nSPS) is 29.9. The molecule has 0 radical (unpaired) electrons. The van der Waals surface area contributed by atoms with Crippen LogP contribution in [0.1, 0.15) is 6.42 Å². The zero-order valence-electron chi connectivity index (χ0n) is 5.31. The van der Waals surface area contributed by atoms with Gasteiger partial charge in [0.05, 0.1) is 18.6 Å². The van der Waals surface area contributed by atoms with Gasteiger partial charge in [0.1, 0.15) is 6.61 Å². The van der Waals surface area contributed by atoms with E-state index in [9.17, 15) is 8.78 Å². The van der Waals surface area contributed by atoms with E-state index in [4.69, 9.17) is 5.26 Å². The molecule has 0 amide bonds. The van der Waals surface area contributed by atoms with Crippen LogP contribution >= 0.6 is 0 Å². The van der Waals surface area contributed by atoms with E-state index in [1.165, 1.54) is 0 Å². The van der Waals surface area contributed by atoms with Gasteiger partial charge < -0.3 is 4.74 Å². The minimum absolute atomic E-state index is 0.0144. The smallest absolute Gasteiger partial charge is 0.276 e. The van der Waals surface area contributed by atoms with Gasteiger partial charge in [-0.2, -0.15) is 5.26 Å². The molecule has 0 aromatic carbocycles. The van der Waals surface area contributed by atoms with E-state index < -0.39 is 18.4 Å². The average molecular weight is 147 g/mol. The van der Waals surface area contributed by atoms with Crippen LogP contribution in [0.4, 0.5) is 8.78 Å². The Hall–Kier alpha value is -0.690. The summed E-state index contributed by atoms with van der Waals surface area (Å²) >= 11 is 0. The number of nitriles is 1. The fraction of sp³-hybridized carbons (Fsp3) is 0.833. The molecule has 1 saturated heterocycles. The second kappa shape index (κ2) is 2.51. The summed E-state index contributed by atoms with van der Waals surface area (Å²) in [5, 5.41) is 8.12. The molecule has 1 unspecified atom stereocenters. The van der Waals surface area contributed by atoms with Crippen molar-refractivity contribution in [3.63, 3.8) is 0 Å². The third kappa shape index (κ3) is 1.24. The van der Waals surface area contributed by atoms with E-state index in [0.717, 1.165) is 0 Å². The van der Waals surface area contributed by atoms with Crippen LogP contribution in [0.5, 0.6) is 0 Å². The zero-order chi connectivity index (χ0) is 7.61. The molecule has 0 saturated carbocycles. The van der Waals surface area contributed by atoms with Gasteiger partial charge in [-0.3, -0.25) is 0 Å². The molecule has 4 heteroatoms. The third-order valence-electron chi connectivity index (χ3n) is 1.55. The van der Waals surface area contributed by atoms with Gasteiger partial charge in [-0.15, -0.1) is 0 Å². The molecule has 56 valence electrons.